The summed E-state index contributed by atoms with van der Waals surface area (Å²) in [5.41, 5.74) is -0.467. The molecule has 2 unspecified atom stereocenters. The molecule has 21 heavy (non-hydrogen) atoms. The van der Waals surface area contributed by atoms with Gasteiger partial charge >= 0.3 is 0 Å². The number of hydrogen-bond acceptors (Lipinski definition) is 6. The van der Waals surface area contributed by atoms with E-state index in [0.717, 1.165) is 6.20 Å². The third kappa shape index (κ3) is 3.12. The molecule has 2 atom stereocenters. The van der Waals surface area contributed by atoms with Gasteiger partial charge in [0.05, 0.1) is 4.92 Å². The Balaban J connectivity index is 2.29. The van der Waals surface area contributed by atoms with Gasteiger partial charge in [-0.1, -0.05) is 11.6 Å². The van der Waals surface area contributed by atoms with Crippen molar-refractivity contribution in [3.05, 3.63) is 33.1 Å². The molecule has 0 saturated carbocycles. The number of likely N-dealkylation sites (tertiary alicyclic amines) is 1. The van der Waals surface area contributed by atoms with E-state index in [4.69, 9.17) is 21.1 Å². The fraction of sp³-hybridized carbons (Fsp3) is 0.500. The van der Waals surface area contributed by atoms with Crippen molar-refractivity contribution in [2.24, 2.45) is 0 Å². The molecule has 1 aromatic heterocycles. The fourth-order valence-corrected chi connectivity index (χ4v) is 2.43. The molecule has 0 bridgehead atoms. The van der Waals surface area contributed by atoms with Crippen molar-refractivity contribution in [1.82, 2.24) is 9.88 Å². The van der Waals surface area contributed by atoms with Crippen LogP contribution in [-0.4, -0.2) is 60.2 Å². The first-order chi connectivity index (χ1) is 9.97. The van der Waals surface area contributed by atoms with Crippen LogP contribution in [0.1, 0.15) is 10.4 Å². The Morgan fingerprint density at radius 3 is 2.48 bits per heavy atom. The minimum Gasteiger partial charge on any atom is -0.377 e. The molecule has 0 aliphatic carbocycles. The highest BCUT2D eigenvalue weighted by Gasteiger charge is 2.37. The van der Waals surface area contributed by atoms with Crippen molar-refractivity contribution in [3.8, 4) is 0 Å². The van der Waals surface area contributed by atoms with Gasteiger partial charge in [-0.2, -0.15) is 0 Å². The zero-order chi connectivity index (χ0) is 15.6. The van der Waals surface area contributed by atoms with Crippen LogP contribution in [-0.2, 0) is 9.47 Å². The van der Waals surface area contributed by atoms with Crippen molar-refractivity contribution in [1.29, 1.82) is 0 Å². The first-order valence-corrected chi connectivity index (χ1v) is 6.50. The molecule has 0 aromatic carbocycles. The Hall–Kier alpha value is -1.77. The van der Waals surface area contributed by atoms with Crippen molar-refractivity contribution < 1.29 is 19.2 Å². The lowest BCUT2D eigenvalue weighted by Crippen LogP contribution is -2.30. The van der Waals surface area contributed by atoms with Crippen LogP contribution < -0.4 is 0 Å². The fourth-order valence-electron chi connectivity index (χ4n) is 2.27. The van der Waals surface area contributed by atoms with Gasteiger partial charge in [-0.15, -0.1) is 0 Å². The highest BCUT2D eigenvalue weighted by Crippen LogP contribution is 2.25. The highest BCUT2D eigenvalue weighted by molar-refractivity contribution is 6.29. The molecular formula is C12H14ClN3O5. The summed E-state index contributed by atoms with van der Waals surface area (Å²) < 4.78 is 10.5. The minimum absolute atomic E-state index is 0.0229. The Bertz CT molecular complexity index is 556. The number of pyridine rings is 1. The Kier molecular flexibility index (Phi) is 4.71. The summed E-state index contributed by atoms with van der Waals surface area (Å²) in [6.45, 7) is 0.593. The number of rotatable bonds is 4. The average molecular weight is 316 g/mol. The van der Waals surface area contributed by atoms with Crippen LogP contribution >= 0.6 is 11.6 Å². The summed E-state index contributed by atoms with van der Waals surface area (Å²) in [5, 5.41) is 11.0. The maximum absolute atomic E-state index is 12.5. The number of ether oxygens (including phenoxy) is 2. The monoisotopic (exact) mass is 315 g/mol. The number of amides is 1. The van der Waals surface area contributed by atoms with Crippen LogP contribution in [0.15, 0.2) is 12.3 Å². The van der Waals surface area contributed by atoms with E-state index < -0.39 is 10.8 Å². The molecule has 2 rings (SSSR count). The van der Waals surface area contributed by atoms with Crippen molar-refractivity contribution >= 4 is 23.2 Å². The first kappa shape index (κ1) is 15.6. The van der Waals surface area contributed by atoms with Gasteiger partial charge in [0.1, 0.15) is 29.1 Å². The number of nitro groups is 1. The minimum atomic E-state index is -0.658. The van der Waals surface area contributed by atoms with Gasteiger partial charge in [-0.3, -0.25) is 14.9 Å². The van der Waals surface area contributed by atoms with Gasteiger partial charge in [0.25, 0.3) is 11.6 Å². The Labute approximate surface area is 125 Å². The second kappa shape index (κ2) is 6.33. The van der Waals surface area contributed by atoms with E-state index in [-0.39, 0.29) is 28.6 Å². The molecule has 0 spiro atoms. The van der Waals surface area contributed by atoms with Gasteiger partial charge in [0.2, 0.25) is 0 Å². The summed E-state index contributed by atoms with van der Waals surface area (Å²) in [6, 6.07) is 1.20. The van der Waals surface area contributed by atoms with Crippen LogP contribution in [0.3, 0.4) is 0 Å². The number of methoxy groups -OCH3 is 2. The summed E-state index contributed by atoms with van der Waals surface area (Å²) in [7, 11) is 3.05. The van der Waals surface area contributed by atoms with E-state index in [1.54, 1.807) is 0 Å². The van der Waals surface area contributed by atoms with Crippen LogP contribution in [0.25, 0.3) is 0 Å². The predicted octanol–water partition coefficient (Wildman–Crippen LogP) is 1.13. The maximum Gasteiger partial charge on any atom is 0.300 e. The lowest BCUT2D eigenvalue weighted by molar-refractivity contribution is -0.385. The Morgan fingerprint density at radius 1 is 1.43 bits per heavy atom. The molecule has 1 fully saturated rings. The van der Waals surface area contributed by atoms with Crippen LogP contribution in [0.2, 0.25) is 5.15 Å². The average Bonchev–Trinajstić information content (AvgIpc) is 2.89. The summed E-state index contributed by atoms with van der Waals surface area (Å²) in [6.07, 6.45) is 0.443. The lowest BCUT2D eigenvalue weighted by atomic mass is 10.2. The standard InChI is InChI=1S/C12H14ClN3O5/c1-20-9-5-15(6-10(9)21-2)12(17)7-3-11(13)14-4-8(7)16(18)19/h3-4,9-10H,5-6H2,1-2H3. The van der Waals surface area contributed by atoms with Gasteiger partial charge in [-0.25, -0.2) is 4.98 Å². The van der Waals surface area contributed by atoms with Gasteiger partial charge < -0.3 is 14.4 Å². The molecular weight excluding hydrogens is 302 g/mol. The number of nitrogens with zero attached hydrogens (tertiary/aromatic N) is 3. The van der Waals surface area contributed by atoms with Crippen molar-refractivity contribution in [3.63, 3.8) is 0 Å². The van der Waals surface area contributed by atoms with Crippen LogP contribution in [0.5, 0.6) is 0 Å². The maximum atomic E-state index is 12.5. The third-order valence-electron chi connectivity index (χ3n) is 3.38. The summed E-state index contributed by atoms with van der Waals surface area (Å²) in [5.74, 6) is -0.493. The van der Waals surface area contributed by atoms with Gasteiger partial charge in [0, 0.05) is 27.3 Å². The largest absolute Gasteiger partial charge is 0.377 e. The van der Waals surface area contributed by atoms with Crippen molar-refractivity contribution in [2.75, 3.05) is 27.3 Å². The molecule has 0 N–H and O–H groups in total. The topological polar surface area (TPSA) is 94.8 Å². The quantitative estimate of drug-likeness (QED) is 0.469. The molecule has 1 amide bonds. The molecule has 8 nitrogen and oxygen atoms in total. The van der Waals surface area contributed by atoms with E-state index in [1.807, 2.05) is 0 Å². The second-order valence-corrected chi connectivity index (χ2v) is 4.93. The number of halogens is 1. The van der Waals surface area contributed by atoms with E-state index >= 15 is 0 Å². The highest BCUT2D eigenvalue weighted by atomic mass is 35.5. The second-order valence-electron chi connectivity index (χ2n) is 4.54. The van der Waals surface area contributed by atoms with E-state index in [2.05, 4.69) is 4.98 Å². The molecule has 1 aliphatic rings. The molecule has 114 valence electrons. The molecule has 2 heterocycles. The molecule has 1 aromatic rings. The smallest absolute Gasteiger partial charge is 0.300 e. The van der Waals surface area contributed by atoms with Crippen LogP contribution in [0.4, 0.5) is 5.69 Å². The number of carbonyl (C=O) groups excluding carboxylic acids is 1. The zero-order valence-electron chi connectivity index (χ0n) is 11.5. The van der Waals surface area contributed by atoms with Gasteiger partial charge in [0.15, 0.2) is 0 Å². The first-order valence-electron chi connectivity index (χ1n) is 6.12. The Morgan fingerprint density at radius 2 is 2.00 bits per heavy atom. The number of aromatic nitrogens is 1. The van der Waals surface area contributed by atoms with E-state index in [1.165, 1.54) is 25.2 Å². The normalized spacial score (nSPS) is 21.6. The SMILES string of the molecule is COC1CN(C(=O)c2cc(Cl)ncc2[N+](=O)[O-])CC1OC. The van der Waals surface area contributed by atoms with Crippen molar-refractivity contribution in [2.45, 2.75) is 12.2 Å². The molecule has 1 saturated heterocycles. The van der Waals surface area contributed by atoms with E-state index in [9.17, 15) is 14.9 Å². The van der Waals surface area contributed by atoms with Crippen LogP contribution in [0, 0.1) is 10.1 Å². The predicted molar refractivity (Wildman–Crippen MR) is 73.4 cm³/mol. The lowest BCUT2D eigenvalue weighted by Gasteiger charge is -2.15. The number of carbonyl (C=O) groups is 1. The zero-order valence-corrected chi connectivity index (χ0v) is 12.2. The number of hydrogen-bond donors (Lipinski definition) is 0. The molecule has 1 aliphatic heterocycles. The molecule has 9 heteroatoms. The molecule has 0 radical (unpaired) electrons. The van der Waals surface area contributed by atoms with E-state index in [0.29, 0.717) is 13.1 Å². The summed E-state index contributed by atoms with van der Waals surface area (Å²) in [4.78, 5) is 27.9. The van der Waals surface area contributed by atoms with Gasteiger partial charge in [-0.05, 0) is 6.07 Å². The third-order valence-corrected chi connectivity index (χ3v) is 3.59. The summed E-state index contributed by atoms with van der Waals surface area (Å²) >= 11 is 5.73.